The number of hydrogen-bond acceptors (Lipinski definition) is 2. The highest BCUT2D eigenvalue weighted by Gasteiger charge is 2.34. The van der Waals surface area contributed by atoms with Crippen LogP contribution in [0.1, 0.15) is 46.0 Å². The lowest BCUT2D eigenvalue weighted by atomic mass is 9.86. The third-order valence-electron chi connectivity index (χ3n) is 4.68. The van der Waals surface area contributed by atoms with Crippen LogP contribution >= 0.6 is 0 Å². The lowest BCUT2D eigenvalue weighted by Gasteiger charge is -2.35. The normalized spacial score (nSPS) is 38.1. The average molecular weight is 238 g/mol. The van der Waals surface area contributed by atoms with Crippen LogP contribution in [0, 0.1) is 11.8 Å². The van der Waals surface area contributed by atoms with E-state index in [9.17, 15) is 4.79 Å². The molecule has 0 bridgehead atoms. The summed E-state index contributed by atoms with van der Waals surface area (Å²) in [4.78, 5) is 14.4. The van der Waals surface area contributed by atoms with Gasteiger partial charge in [-0.1, -0.05) is 13.8 Å². The lowest BCUT2D eigenvalue weighted by Crippen LogP contribution is -2.49. The van der Waals surface area contributed by atoms with Gasteiger partial charge >= 0.3 is 0 Å². The van der Waals surface area contributed by atoms with Crippen LogP contribution in [0.5, 0.6) is 0 Å². The molecule has 3 nitrogen and oxygen atoms in total. The summed E-state index contributed by atoms with van der Waals surface area (Å²) >= 11 is 0. The van der Waals surface area contributed by atoms with Crippen LogP contribution in [0.4, 0.5) is 0 Å². The van der Waals surface area contributed by atoms with Gasteiger partial charge in [0.05, 0.1) is 6.04 Å². The van der Waals surface area contributed by atoms with E-state index in [1.807, 2.05) is 11.9 Å². The summed E-state index contributed by atoms with van der Waals surface area (Å²) in [6, 6.07) is 0.549. The minimum absolute atomic E-state index is 0.0688. The van der Waals surface area contributed by atoms with Crippen LogP contribution in [-0.4, -0.2) is 36.5 Å². The number of carbonyl (C=O) groups is 1. The molecule has 2 rings (SSSR count). The lowest BCUT2D eigenvalue weighted by molar-refractivity contribution is -0.135. The van der Waals surface area contributed by atoms with Crippen molar-refractivity contribution in [2.24, 2.45) is 11.8 Å². The van der Waals surface area contributed by atoms with Crippen molar-refractivity contribution in [3.05, 3.63) is 0 Å². The van der Waals surface area contributed by atoms with Gasteiger partial charge in [0.1, 0.15) is 0 Å². The Kier molecular flexibility index (Phi) is 4.08. The number of amides is 1. The average Bonchev–Trinajstić information content (AvgIpc) is 2.74. The number of likely N-dealkylation sites (N-methyl/N-ethyl adjacent to an activating group) is 1. The molecule has 1 aliphatic carbocycles. The molecule has 1 saturated carbocycles. The number of carbonyl (C=O) groups excluding carboxylic acids is 1. The summed E-state index contributed by atoms with van der Waals surface area (Å²) in [5, 5.41) is 3.34. The van der Waals surface area contributed by atoms with E-state index in [2.05, 4.69) is 19.2 Å². The second kappa shape index (κ2) is 5.38. The van der Waals surface area contributed by atoms with E-state index in [0.29, 0.717) is 17.9 Å². The summed E-state index contributed by atoms with van der Waals surface area (Å²) in [5.41, 5.74) is 0. The molecule has 2 fully saturated rings. The maximum atomic E-state index is 12.4. The van der Waals surface area contributed by atoms with Crippen molar-refractivity contribution in [1.29, 1.82) is 0 Å². The van der Waals surface area contributed by atoms with Crippen LogP contribution in [0.25, 0.3) is 0 Å². The van der Waals surface area contributed by atoms with Crippen molar-refractivity contribution < 1.29 is 4.79 Å². The maximum Gasteiger partial charge on any atom is 0.239 e. The Hall–Kier alpha value is -0.570. The van der Waals surface area contributed by atoms with Crippen LogP contribution in [0.3, 0.4) is 0 Å². The zero-order valence-corrected chi connectivity index (χ0v) is 11.4. The van der Waals surface area contributed by atoms with Crippen LogP contribution in [0.15, 0.2) is 0 Å². The van der Waals surface area contributed by atoms with Crippen molar-refractivity contribution in [3.63, 3.8) is 0 Å². The maximum absolute atomic E-state index is 12.4. The molecule has 1 N–H and O–H groups in total. The van der Waals surface area contributed by atoms with E-state index in [-0.39, 0.29) is 6.04 Å². The minimum Gasteiger partial charge on any atom is -0.341 e. The van der Waals surface area contributed by atoms with Crippen LogP contribution in [-0.2, 0) is 4.79 Å². The van der Waals surface area contributed by atoms with Gasteiger partial charge in [-0.3, -0.25) is 4.79 Å². The standard InChI is InChI=1S/C14H26N2O/c1-10-4-6-12(7-5-10)16(3)14(17)13-11(2)8-9-15-13/h10-13,15H,4-9H2,1-3H3. The van der Waals surface area contributed by atoms with Gasteiger partial charge in [-0.15, -0.1) is 0 Å². The SMILES string of the molecule is CC1CCC(N(C)C(=O)C2NCCC2C)CC1. The van der Waals surface area contributed by atoms with E-state index in [1.165, 1.54) is 25.7 Å². The predicted molar refractivity (Wildman–Crippen MR) is 69.8 cm³/mol. The first-order chi connectivity index (χ1) is 8.09. The first-order valence-electron chi connectivity index (χ1n) is 7.09. The van der Waals surface area contributed by atoms with Gasteiger partial charge in [0, 0.05) is 13.1 Å². The Morgan fingerprint density at radius 1 is 1.12 bits per heavy atom. The molecular formula is C14H26N2O. The van der Waals surface area contributed by atoms with Crippen LogP contribution < -0.4 is 5.32 Å². The monoisotopic (exact) mass is 238 g/mol. The second-order valence-electron chi connectivity index (χ2n) is 6.06. The number of hydrogen-bond donors (Lipinski definition) is 1. The van der Waals surface area contributed by atoms with Crippen molar-refractivity contribution in [2.45, 2.75) is 58.0 Å². The first-order valence-corrected chi connectivity index (χ1v) is 7.09. The fourth-order valence-corrected chi connectivity index (χ4v) is 3.19. The Bertz CT molecular complexity index is 271. The summed E-state index contributed by atoms with van der Waals surface area (Å²) in [5.74, 6) is 1.65. The van der Waals surface area contributed by atoms with E-state index in [1.54, 1.807) is 0 Å². The van der Waals surface area contributed by atoms with Gasteiger partial charge in [-0.2, -0.15) is 0 Å². The van der Waals surface area contributed by atoms with Crippen molar-refractivity contribution in [3.8, 4) is 0 Å². The summed E-state index contributed by atoms with van der Waals surface area (Å²) in [6.07, 6.45) is 6.05. The topological polar surface area (TPSA) is 32.3 Å². The molecular weight excluding hydrogens is 212 g/mol. The van der Waals surface area contributed by atoms with Crippen molar-refractivity contribution in [1.82, 2.24) is 10.2 Å². The van der Waals surface area contributed by atoms with E-state index in [4.69, 9.17) is 0 Å². The quantitative estimate of drug-likeness (QED) is 0.798. The van der Waals surface area contributed by atoms with E-state index >= 15 is 0 Å². The van der Waals surface area contributed by atoms with Gasteiger partial charge in [0.15, 0.2) is 0 Å². The van der Waals surface area contributed by atoms with E-state index in [0.717, 1.165) is 18.9 Å². The highest BCUT2D eigenvalue weighted by molar-refractivity contribution is 5.82. The molecule has 3 heteroatoms. The number of nitrogens with zero attached hydrogens (tertiary/aromatic N) is 1. The molecule has 0 spiro atoms. The molecule has 0 aromatic heterocycles. The van der Waals surface area contributed by atoms with E-state index < -0.39 is 0 Å². The molecule has 0 aromatic rings. The van der Waals surface area contributed by atoms with Crippen LogP contribution in [0.2, 0.25) is 0 Å². The number of nitrogens with one attached hydrogen (secondary N) is 1. The molecule has 98 valence electrons. The Balaban J connectivity index is 1.90. The second-order valence-corrected chi connectivity index (χ2v) is 6.06. The molecule has 1 amide bonds. The third kappa shape index (κ3) is 2.82. The van der Waals surface area contributed by atoms with Gasteiger partial charge < -0.3 is 10.2 Å². The van der Waals surface area contributed by atoms with Crippen molar-refractivity contribution >= 4 is 5.91 Å². The molecule has 1 heterocycles. The fraction of sp³-hybridized carbons (Fsp3) is 0.929. The largest absolute Gasteiger partial charge is 0.341 e. The first kappa shape index (κ1) is 12.9. The Morgan fingerprint density at radius 2 is 1.76 bits per heavy atom. The Labute approximate surface area is 105 Å². The smallest absolute Gasteiger partial charge is 0.239 e. The van der Waals surface area contributed by atoms with Gasteiger partial charge in [0.2, 0.25) is 5.91 Å². The summed E-state index contributed by atoms with van der Waals surface area (Å²) < 4.78 is 0. The zero-order chi connectivity index (χ0) is 12.4. The molecule has 2 unspecified atom stereocenters. The number of rotatable bonds is 2. The van der Waals surface area contributed by atoms with Gasteiger partial charge in [-0.05, 0) is 50.5 Å². The predicted octanol–water partition coefficient (Wildman–Crippen LogP) is 2.02. The van der Waals surface area contributed by atoms with Gasteiger partial charge in [0.25, 0.3) is 0 Å². The van der Waals surface area contributed by atoms with Gasteiger partial charge in [-0.25, -0.2) is 0 Å². The third-order valence-corrected chi connectivity index (χ3v) is 4.68. The molecule has 0 radical (unpaired) electrons. The molecule has 2 atom stereocenters. The highest BCUT2D eigenvalue weighted by atomic mass is 16.2. The molecule has 2 aliphatic rings. The summed E-state index contributed by atoms with van der Waals surface area (Å²) in [6.45, 7) is 5.49. The minimum atomic E-state index is 0.0688. The molecule has 0 aromatic carbocycles. The molecule has 1 aliphatic heterocycles. The molecule has 1 saturated heterocycles. The van der Waals surface area contributed by atoms with Crippen molar-refractivity contribution in [2.75, 3.05) is 13.6 Å². The molecule has 17 heavy (non-hydrogen) atoms. The summed E-state index contributed by atoms with van der Waals surface area (Å²) in [7, 11) is 2.00. The highest BCUT2D eigenvalue weighted by Crippen LogP contribution is 2.27. The Morgan fingerprint density at radius 3 is 2.29 bits per heavy atom. The fourth-order valence-electron chi connectivity index (χ4n) is 3.19. The zero-order valence-electron chi connectivity index (χ0n) is 11.4.